The maximum atomic E-state index is 9.05. The van der Waals surface area contributed by atoms with E-state index in [0.717, 1.165) is 26.2 Å². The normalized spacial score (nSPS) is 24.4. The number of aliphatic hydroxyl groups excluding tert-OH is 1. The Bertz CT molecular complexity index is 183. The van der Waals surface area contributed by atoms with Crippen LogP contribution in [0.5, 0.6) is 0 Å². The smallest absolute Gasteiger partial charge is 0.129 e. The maximum absolute atomic E-state index is 9.05. The van der Waals surface area contributed by atoms with Crippen molar-refractivity contribution >= 4 is 0 Å². The second kappa shape index (κ2) is 3.85. The summed E-state index contributed by atoms with van der Waals surface area (Å²) in [6.07, 6.45) is 0. The monoisotopic (exact) mass is 169 g/mol. The third kappa shape index (κ3) is 1.75. The lowest BCUT2D eigenvalue weighted by Crippen LogP contribution is -2.55. The van der Waals surface area contributed by atoms with Gasteiger partial charge in [-0.2, -0.15) is 5.26 Å². The van der Waals surface area contributed by atoms with E-state index in [1.165, 1.54) is 0 Å². The number of nitrogens with zero attached hydrogens (tertiary/aromatic N) is 2. The van der Waals surface area contributed by atoms with E-state index in [2.05, 4.69) is 11.4 Å². The summed E-state index contributed by atoms with van der Waals surface area (Å²) in [6.45, 7) is 5.16. The molecule has 0 radical (unpaired) electrons. The molecule has 1 rings (SSSR count). The van der Waals surface area contributed by atoms with Crippen molar-refractivity contribution in [3.8, 4) is 6.07 Å². The van der Waals surface area contributed by atoms with Crippen LogP contribution in [0.1, 0.15) is 6.92 Å². The SMILES string of the molecule is CC(C#N)(CO)N1CCNCC1. The Morgan fingerprint density at radius 2 is 2.17 bits per heavy atom. The summed E-state index contributed by atoms with van der Waals surface area (Å²) >= 11 is 0. The Morgan fingerprint density at radius 3 is 2.58 bits per heavy atom. The lowest BCUT2D eigenvalue weighted by molar-refractivity contribution is 0.0740. The molecule has 1 heterocycles. The fourth-order valence-electron chi connectivity index (χ4n) is 1.36. The minimum absolute atomic E-state index is 0.0937. The molecule has 0 aromatic rings. The Labute approximate surface area is 72.8 Å². The van der Waals surface area contributed by atoms with Crippen molar-refractivity contribution in [1.82, 2.24) is 10.2 Å². The van der Waals surface area contributed by atoms with Crippen LogP contribution < -0.4 is 5.32 Å². The highest BCUT2D eigenvalue weighted by Gasteiger charge is 2.31. The first-order valence-corrected chi connectivity index (χ1v) is 4.21. The third-order valence-electron chi connectivity index (χ3n) is 2.36. The topological polar surface area (TPSA) is 59.3 Å². The van der Waals surface area contributed by atoms with Crippen LogP contribution >= 0.6 is 0 Å². The lowest BCUT2D eigenvalue weighted by atomic mass is 10.0. The molecular weight excluding hydrogens is 154 g/mol. The molecule has 0 saturated carbocycles. The Kier molecular flexibility index (Phi) is 3.04. The predicted octanol–water partition coefficient (Wildman–Crippen LogP) is -0.834. The summed E-state index contributed by atoms with van der Waals surface area (Å²) in [5.74, 6) is 0. The van der Waals surface area contributed by atoms with E-state index in [1.807, 2.05) is 4.90 Å². The van der Waals surface area contributed by atoms with Crippen molar-refractivity contribution in [3.63, 3.8) is 0 Å². The minimum atomic E-state index is -0.692. The second-order valence-electron chi connectivity index (χ2n) is 3.28. The molecule has 0 amide bonds. The Morgan fingerprint density at radius 1 is 1.58 bits per heavy atom. The van der Waals surface area contributed by atoms with E-state index in [4.69, 9.17) is 10.4 Å². The number of nitrogens with one attached hydrogen (secondary N) is 1. The van der Waals surface area contributed by atoms with Gasteiger partial charge in [-0.05, 0) is 6.92 Å². The van der Waals surface area contributed by atoms with Gasteiger partial charge < -0.3 is 10.4 Å². The van der Waals surface area contributed by atoms with Crippen LogP contribution in [0.4, 0.5) is 0 Å². The van der Waals surface area contributed by atoms with Crippen LogP contribution in [-0.4, -0.2) is 48.3 Å². The van der Waals surface area contributed by atoms with Gasteiger partial charge in [0.15, 0.2) is 0 Å². The molecule has 12 heavy (non-hydrogen) atoms. The molecule has 0 aliphatic carbocycles. The number of hydrogen-bond donors (Lipinski definition) is 2. The van der Waals surface area contributed by atoms with Crippen molar-refractivity contribution in [2.24, 2.45) is 0 Å². The zero-order chi connectivity index (χ0) is 9.03. The minimum Gasteiger partial charge on any atom is -0.393 e. The Balaban J connectivity index is 2.59. The van der Waals surface area contributed by atoms with Crippen molar-refractivity contribution in [3.05, 3.63) is 0 Å². The zero-order valence-corrected chi connectivity index (χ0v) is 7.38. The van der Waals surface area contributed by atoms with Crippen molar-refractivity contribution < 1.29 is 5.11 Å². The molecule has 4 nitrogen and oxygen atoms in total. The van der Waals surface area contributed by atoms with Gasteiger partial charge in [0.2, 0.25) is 0 Å². The molecule has 1 unspecified atom stereocenters. The first-order chi connectivity index (χ1) is 5.73. The highest BCUT2D eigenvalue weighted by Crippen LogP contribution is 2.13. The average molecular weight is 169 g/mol. The van der Waals surface area contributed by atoms with Crippen LogP contribution in [0.3, 0.4) is 0 Å². The molecule has 2 N–H and O–H groups in total. The summed E-state index contributed by atoms with van der Waals surface area (Å²) in [6, 6.07) is 2.15. The van der Waals surface area contributed by atoms with E-state index in [-0.39, 0.29) is 6.61 Å². The van der Waals surface area contributed by atoms with E-state index >= 15 is 0 Å². The molecule has 1 saturated heterocycles. The molecule has 0 spiro atoms. The number of aliphatic hydroxyl groups is 1. The van der Waals surface area contributed by atoms with E-state index in [1.54, 1.807) is 6.92 Å². The maximum Gasteiger partial charge on any atom is 0.129 e. The molecule has 1 atom stereocenters. The summed E-state index contributed by atoms with van der Waals surface area (Å²) in [4.78, 5) is 2.02. The molecule has 1 fully saturated rings. The average Bonchev–Trinajstić information content (AvgIpc) is 2.18. The number of nitriles is 1. The first kappa shape index (κ1) is 9.46. The molecule has 1 aliphatic heterocycles. The number of piperazine rings is 1. The van der Waals surface area contributed by atoms with E-state index < -0.39 is 5.54 Å². The van der Waals surface area contributed by atoms with Gasteiger partial charge in [-0.15, -0.1) is 0 Å². The second-order valence-corrected chi connectivity index (χ2v) is 3.28. The van der Waals surface area contributed by atoms with Crippen LogP contribution in [0.25, 0.3) is 0 Å². The zero-order valence-electron chi connectivity index (χ0n) is 7.38. The summed E-state index contributed by atoms with van der Waals surface area (Å²) in [5.41, 5.74) is -0.692. The van der Waals surface area contributed by atoms with Gasteiger partial charge >= 0.3 is 0 Å². The third-order valence-corrected chi connectivity index (χ3v) is 2.36. The fourth-order valence-corrected chi connectivity index (χ4v) is 1.36. The Hall–Kier alpha value is -0.630. The summed E-state index contributed by atoms with van der Waals surface area (Å²) in [7, 11) is 0. The molecule has 0 aromatic heterocycles. The van der Waals surface area contributed by atoms with Crippen LogP contribution in [0.15, 0.2) is 0 Å². The van der Waals surface area contributed by atoms with Crippen molar-refractivity contribution in [1.29, 1.82) is 5.26 Å². The molecule has 4 heteroatoms. The van der Waals surface area contributed by atoms with Crippen molar-refractivity contribution in [2.75, 3.05) is 32.8 Å². The molecule has 1 aliphatic rings. The highest BCUT2D eigenvalue weighted by molar-refractivity contribution is 5.05. The van der Waals surface area contributed by atoms with Crippen LogP contribution in [0, 0.1) is 11.3 Å². The highest BCUT2D eigenvalue weighted by atomic mass is 16.3. The first-order valence-electron chi connectivity index (χ1n) is 4.21. The molecule has 0 aromatic carbocycles. The van der Waals surface area contributed by atoms with Crippen LogP contribution in [0.2, 0.25) is 0 Å². The largest absolute Gasteiger partial charge is 0.393 e. The fraction of sp³-hybridized carbons (Fsp3) is 0.875. The number of hydrogen-bond acceptors (Lipinski definition) is 4. The van der Waals surface area contributed by atoms with E-state index in [9.17, 15) is 0 Å². The summed E-state index contributed by atoms with van der Waals surface area (Å²) < 4.78 is 0. The van der Waals surface area contributed by atoms with Gasteiger partial charge in [0.05, 0.1) is 12.7 Å². The van der Waals surface area contributed by atoms with Crippen molar-refractivity contribution in [2.45, 2.75) is 12.5 Å². The van der Waals surface area contributed by atoms with Gasteiger partial charge in [-0.3, -0.25) is 4.90 Å². The quantitative estimate of drug-likeness (QED) is 0.566. The lowest BCUT2D eigenvalue weighted by Gasteiger charge is -2.37. The van der Waals surface area contributed by atoms with E-state index in [0.29, 0.717) is 0 Å². The molecule has 68 valence electrons. The van der Waals surface area contributed by atoms with Crippen LogP contribution in [-0.2, 0) is 0 Å². The summed E-state index contributed by atoms with van der Waals surface area (Å²) in [5, 5.41) is 21.1. The van der Waals surface area contributed by atoms with Gasteiger partial charge in [0.25, 0.3) is 0 Å². The van der Waals surface area contributed by atoms with Gasteiger partial charge in [-0.1, -0.05) is 0 Å². The number of rotatable bonds is 2. The molecular formula is C8H15N3O. The molecule has 0 bridgehead atoms. The predicted molar refractivity (Wildman–Crippen MR) is 45.5 cm³/mol. The van der Waals surface area contributed by atoms with Gasteiger partial charge in [-0.25, -0.2) is 0 Å². The van der Waals surface area contributed by atoms with Gasteiger partial charge in [0, 0.05) is 26.2 Å². The standard InChI is InChI=1S/C8H15N3O/c1-8(6-9,7-12)11-4-2-10-3-5-11/h10,12H,2-5,7H2,1H3. The van der Waals surface area contributed by atoms with Gasteiger partial charge in [0.1, 0.15) is 5.54 Å².